The minimum Gasteiger partial charge on any atom is -0.396 e. The zero-order chi connectivity index (χ0) is 9.68. The molecule has 0 bridgehead atoms. The summed E-state index contributed by atoms with van der Waals surface area (Å²) >= 11 is 5.61. The van der Waals surface area contributed by atoms with Crippen LogP contribution in [0.25, 0.3) is 0 Å². The van der Waals surface area contributed by atoms with Crippen molar-refractivity contribution in [3.05, 3.63) is 23.0 Å². The summed E-state index contributed by atoms with van der Waals surface area (Å²) in [6.07, 6.45) is 2.10. The van der Waals surface area contributed by atoms with E-state index in [1.807, 2.05) is 0 Å². The maximum Gasteiger partial charge on any atom is 0.267 e. The van der Waals surface area contributed by atoms with Crippen molar-refractivity contribution < 1.29 is 9.90 Å². The summed E-state index contributed by atoms with van der Waals surface area (Å²) in [5, 5.41) is 11.6. The SMILES string of the molecule is O=C(NCCCO)c1cc(Cl)c[nH]1. The summed E-state index contributed by atoms with van der Waals surface area (Å²) in [5.74, 6) is -0.208. The molecule has 0 saturated heterocycles. The van der Waals surface area contributed by atoms with Crippen LogP contribution in [0.5, 0.6) is 0 Å². The van der Waals surface area contributed by atoms with Gasteiger partial charge in [-0.3, -0.25) is 4.79 Å². The van der Waals surface area contributed by atoms with Crippen LogP contribution in [0.2, 0.25) is 5.02 Å². The molecule has 0 aliphatic heterocycles. The van der Waals surface area contributed by atoms with E-state index in [2.05, 4.69) is 10.3 Å². The van der Waals surface area contributed by atoms with E-state index in [-0.39, 0.29) is 12.5 Å². The van der Waals surface area contributed by atoms with E-state index in [1.54, 1.807) is 12.3 Å². The van der Waals surface area contributed by atoms with Crippen molar-refractivity contribution in [3.8, 4) is 0 Å². The van der Waals surface area contributed by atoms with Gasteiger partial charge >= 0.3 is 0 Å². The average molecular weight is 203 g/mol. The Morgan fingerprint density at radius 1 is 1.69 bits per heavy atom. The van der Waals surface area contributed by atoms with E-state index < -0.39 is 0 Å². The number of halogens is 1. The monoisotopic (exact) mass is 202 g/mol. The van der Waals surface area contributed by atoms with Gasteiger partial charge in [-0.25, -0.2) is 0 Å². The Morgan fingerprint density at radius 2 is 2.46 bits per heavy atom. The number of hydrogen-bond donors (Lipinski definition) is 3. The highest BCUT2D eigenvalue weighted by molar-refractivity contribution is 6.30. The predicted octanol–water partition coefficient (Wildman–Crippen LogP) is 0.780. The number of amides is 1. The number of aliphatic hydroxyl groups excluding tert-OH is 1. The highest BCUT2D eigenvalue weighted by atomic mass is 35.5. The second-order valence-electron chi connectivity index (χ2n) is 2.56. The van der Waals surface area contributed by atoms with E-state index in [1.165, 1.54) is 0 Å². The Hall–Kier alpha value is -1.00. The van der Waals surface area contributed by atoms with Gasteiger partial charge in [0, 0.05) is 19.3 Å². The van der Waals surface area contributed by atoms with E-state index in [0.29, 0.717) is 23.7 Å². The van der Waals surface area contributed by atoms with Gasteiger partial charge in [0.2, 0.25) is 0 Å². The normalized spacial score (nSPS) is 10.0. The minimum absolute atomic E-state index is 0.0752. The predicted molar refractivity (Wildman–Crippen MR) is 49.8 cm³/mol. The van der Waals surface area contributed by atoms with Crippen LogP contribution in [-0.2, 0) is 0 Å². The number of carbonyl (C=O) groups is 1. The van der Waals surface area contributed by atoms with Gasteiger partial charge in [-0.05, 0) is 12.5 Å². The number of nitrogens with one attached hydrogen (secondary N) is 2. The molecule has 0 atom stereocenters. The smallest absolute Gasteiger partial charge is 0.267 e. The molecular weight excluding hydrogens is 192 g/mol. The largest absolute Gasteiger partial charge is 0.396 e. The number of aliphatic hydroxyl groups is 1. The summed E-state index contributed by atoms with van der Waals surface area (Å²) in [5.41, 5.74) is 0.433. The topological polar surface area (TPSA) is 65.1 Å². The fourth-order valence-corrected chi connectivity index (χ4v) is 1.04. The molecular formula is C8H11ClN2O2. The molecule has 1 aromatic rings. The molecule has 0 unspecified atom stereocenters. The van der Waals surface area contributed by atoms with Gasteiger partial charge in [0.1, 0.15) is 5.69 Å². The lowest BCUT2D eigenvalue weighted by atomic mass is 10.4. The maximum atomic E-state index is 11.3. The number of aromatic amines is 1. The van der Waals surface area contributed by atoms with Crippen molar-refractivity contribution >= 4 is 17.5 Å². The van der Waals surface area contributed by atoms with Crippen LogP contribution in [0.1, 0.15) is 16.9 Å². The van der Waals surface area contributed by atoms with Gasteiger partial charge in [0.15, 0.2) is 0 Å². The van der Waals surface area contributed by atoms with Gasteiger partial charge in [0.25, 0.3) is 5.91 Å². The highest BCUT2D eigenvalue weighted by Gasteiger charge is 2.05. The number of rotatable bonds is 4. The third kappa shape index (κ3) is 3.08. The minimum atomic E-state index is -0.208. The molecule has 72 valence electrons. The van der Waals surface area contributed by atoms with Crippen LogP contribution < -0.4 is 5.32 Å². The van der Waals surface area contributed by atoms with Gasteiger partial charge < -0.3 is 15.4 Å². The maximum absolute atomic E-state index is 11.3. The Bertz CT molecular complexity index is 285. The molecule has 0 aliphatic carbocycles. The Kier molecular flexibility index (Phi) is 3.79. The van der Waals surface area contributed by atoms with Crippen LogP contribution in [-0.4, -0.2) is 29.1 Å². The van der Waals surface area contributed by atoms with Gasteiger partial charge in [0.05, 0.1) is 5.02 Å². The first kappa shape index (κ1) is 10.1. The summed E-state index contributed by atoms with van der Waals surface area (Å²) in [6.45, 7) is 0.539. The average Bonchev–Trinajstić information content (AvgIpc) is 2.52. The highest BCUT2D eigenvalue weighted by Crippen LogP contribution is 2.08. The van der Waals surface area contributed by atoms with Crippen LogP contribution >= 0.6 is 11.6 Å². The summed E-state index contributed by atoms with van der Waals surface area (Å²) in [4.78, 5) is 14.0. The van der Waals surface area contributed by atoms with Crippen LogP contribution in [0.4, 0.5) is 0 Å². The first-order valence-corrected chi connectivity index (χ1v) is 4.35. The molecule has 1 heterocycles. The zero-order valence-corrected chi connectivity index (χ0v) is 7.77. The van der Waals surface area contributed by atoms with Crippen molar-refractivity contribution in [2.45, 2.75) is 6.42 Å². The molecule has 13 heavy (non-hydrogen) atoms. The quantitative estimate of drug-likeness (QED) is 0.632. The summed E-state index contributed by atoms with van der Waals surface area (Å²) < 4.78 is 0. The first-order chi connectivity index (χ1) is 6.24. The fourth-order valence-electron chi connectivity index (χ4n) is 0.875. The van der Waals surface area contributed by atoms with E-state index >= 15 is 0 Å². The first-order valence-electron chi connectivity index (χ1n) is 3.97. The number of aromatic nitrogens is 1. The summed E-state index contributed by atoms with van der Waals surface area (Å²) in [6, 6.07) is 1.55. The number of H-pyrrole nitrogens is 1. The second kappa shape index (κ2) is 4.89. The number of hydrogen-bond acceptors (Lipinski definition) is 2. The molecule has 0 aliphatic rings. The van der Waals surface area contributed by atoms with Crippen LogP contribution in [0.15, 0.2) is 12.3 Å². The molecule has 1 rings (SSSR count). The third-order valence-electron chi connectivity index (χ3n) is 1.51. The molecule has 0 aromatic carbocycles. The van der Waals surface area contributed by atoms with E-state index in [9.17, 15) is 4.79 Å². The van der Waals surface area contributed by atoms with Crippen LogP contribution in [0, 0.1) is 0 Å². The molecule has 0 radical (unpaired) electrons. The lowest BCUT2D eigenvalue weighted by molar-refractivity contribution is 0.0947. The van der Waals surface area contributed by atoms with Gasteiger partial charge in [-0.15, -0.1) is 0 Å². The van der Waals surface area contributed by atoms with Gasteiger partial charge in [-0.1, -0.05) is 11.6 Å². The Balaban J connectivity index is 2.40. The summed E-state index contributed by atoms with van der Waals surface area (Å²) in [7, 11) is 0. The van der Waals surface area contributed by atoms with Crippen molar-refractivity contribution in [1.82, 2.24) is 10.3 Å². The van der Waals surface area contributed by atoms with Crippen molar-refractivity contribution in [1.29, 1.82) is 0 Å². The zero-order valence-electron chi connectivity index (χ0n) is 7.01. The van der Waals surface area contributed by atoms with Crippen molar-refractivity contribution in [2.24, 2.45) is 0 Å². The van der Waals surface area contributed by atoms with Crippen LogP contribution in [0.3, 0.4) is 0 Å². The van der Waals surface area contributed by atoms with Gasteiger partial charge in [-0.2, -0.15) is 0 Å². The number of carbonyl (C=O) groups excluding carboxylic acids is 1. The van der Waals surface area contributed by atoms with E-state index in [4.69, 9.17) is 16.7 Å². The lowest BCUT2D eigenvalue weighted by Gasteiger charge is -2.00. The molecule has 5 heteroatoms. The molecule has 1 aromatic heterocycles. The Labute approximate surface area is 80.9 Å². The van der Waals surface area contributed by atoms with Crippen molar-refractivity contribution in [3.63, 3.8) is 0 Å². The standard InChI is InChI=1S/C8H11ClN2O2/c9-6-4-7(11-5-6)8(13)10-2-1-3-12/h4-5,11-12H,1-3H2,(H,10,13). The molecule has 1 amide bonds. The lowest BCUT2D eigenvalue weighted by Crippen LogP contribution is -2.25. The van der Waals surface area contributed by atoms with E-state index in [0.717, 1.165) is 0 Å². The molecule has 4 nitrogen and oxygen atoms in total. The van der Waals surface area contributed by atoms with Crippen molar-refractivity contribution in [2.75, 3.05) is 13.2 Å². The molecule has 0 spiro atoms. The molecule has 0 fully saturated rings. The second-order valence-corrected chi connectivity index (χ2v) is 3.00. The fraction of sp³-hybridized carbons (Fsp3) is 0.375. The molecule has 3 N–H and O–H groups in total. The molecule has 0 saturated carbocycles. The third-order valence-corrected chi connectivity index (χ3v) is 1.73. The Morgan fingerprint density at radius 3 is 3.00 bits per heavy atom.